The lowest BCUT2D eigenvalue weighted by molar-refractivity contribution is 0.346. The van der Waals surface area contributed by atoms with Crippen LogP contribution in [0.4, 0.5) is 0 Å². The Hall–Kier alpha value is -1.24. The van der Waals surface area contributed by atoms with Gasteiger partial charge >= 0.3 is 0 Å². The van der Waals surface area contributed by atoms with Gasteiger partial charge in [-0.3, -0.25) is 0 Å². The van der Waals surface area contributed by atoms with Gasteiger partial charge in [-0.1, -0.05) is 65.3 Å². The molecule has 0 N–H and O–H groups in total. The number of hydrogen-bond acceptors (Lipinski definition) is 1. The second kappa shape index (κ2) is 4.88. The molecular formula is C21H31N. The van der Waals surface area contributed by atoms with E-state index in [1.165, 1.54) is 24.0 Å². The van der Waals surface area contributed by atoms with E-state index in [0.717, 1.165) is 6.42 Å². The molecule has 1 unspecified atom stereocenters. The van der Waals surface area contributed by atoms with E-state index in [2.05, 4.69) is 71.7 Å². The van der Waals surface area contributed by atoms with Crippen LogP contribution in [-0.4, -0.2) is 18.0 Å². The molecular weight excluding hydrogens is 266 g/mol. The van der Waals surface area contributed by atoms with Crippen LogP contribution in [0.15, 0.2) is 46.2 Å². The van der Waals surface area contributed by atoms with Gasteiger partial charge in [-0.15, -0.1) is 0 Å². The summed E-state index contributed by atoms with van der Waals surface area (Å²) < 4.78 is 0. The van der Waals surface area contributed by atoms with E-state index in [4.69, 9.17) is 0 Å². The third-order valence-electron chi connectivity index (χ3n) is 5.53. The van der Waals surface area contributed by atoms with Gasteiger partial charge in [0.2, 0.25) is 0 Å². The third kappa shape index (κ3) is 2.49. The van der Waals surface area contributed by atoms with E-state index in [0.29, 0.717) is 6.04 Å². The number of allylic oxidation sites excluding steroid dienone is 5. The van der Waals surface area contributed by atoms with Crippen molar-refractivity contribution in [2.75, 3.05) is 7.05 Å². The Labute approximate surface area is 136 Å². The summed E-state index contributed by atoms with van der Waals surface area (Å²) in [6.45, 7) is 14.0. The molecule has 3 rings (SSSR count). The maximum absolute atomic E-state index is 2.53. The van der Waals surface area contributed by atoms with Gasteiger partial charge in [-0.2, -0.15) is 0 Å². The summed E-state index contributed by atoms with van der Waals surface area (Å²) in [5.41, 5.74) is 8.28. The molecule has 2 aliphatic carbocycles. The van der Waals surface area contributed by atoms with Crippen LogP contribution >= 0.6 is 0 Å². The summed E-state index contributed by atoms with van der Waals surface area (Å²) >= 11 is 0. The zero-order valence-corrected chi connectivity index (χ0v) is 15.4. The van der Waals surface area contributed by atoms with E-state index < -0.39 is 0 Å². The topological polar surface area (TPSA) is 3.24 Å². The van der Waals surface area contributed by atoms with Crippen LogP contribution in [0.2, 0.25) is 0 Å². The summed E-state index contributed by atoms with van der Waals surface area (Å²) in [7, 11) is 2.28. The van der Waals surface area contributed by atoms with Gasteiger partial charge in [0.15, 0.2) is 0 Å². The molecule has 0 aromatic heterocycles. The molecule has 22 heavy (non-hydrogen) atoms. The van der Waals surface area contributed by atoms with E-state index in [1.807, 2.05) is 0 Å². The molecule has 0 aromatic rings. The molecule has 0 saturated carbocycles. The van der Waals surface area contributed by atoms with E-state index in [1.54, 1.807) is 16.8 Å². The van der Waals surface area contributed by atoms with Crippen LogP contribution in [0.3, 0.4) is 0 Å². The van der Waals surface area contributed by atoms with Crippen LogP contribution in [-0.2, 0) is 0 Å². The maximum atomic E-state index is 2.53. The zero-order chi connectivity index (χ0) is 16.3. The van der Waals surface area contributed by atoms with Crippen molar-refractivity contribution in [1.29, 1.82) is 0 Å². The molecule has 1 nitrogen and oxygen atoms in total. The summed E-state index contributed by atoms with van der Waals surface area (Å²) in [4.78, 5) is 2.53. The van der Waals surface area contributed by atoms with Crippen LogP contribution in [0.5, 0.6) is 0 Å². The smallest absolute Gasteiger partial charge is 0.0577 e. The standard InChI is InChI=1S/C21H31N/c1-20(2,3)14-8-10-18-16(12-14)17-13-15(21(4,5)6)9-11-19(17)22(18)7/h8,12-13,18H,9-11H2,1-7H3. The lowest BCUT2D eigenvalue weighted by atomic mass is 9.76. The van der Waals surface area contributed by atoms with Gasteiger partial charge in [-0.25, -0.2) is 0 Å². The summed E-state index contributed by atoms with van der Waals surface area (Å²) in [6, 6.07) is 0.562. The molecule has 0 aromatic carbocycles. The van der Waals surface area contributed by atoms with Crippen LogP contribution in [0, 0.1) is 10.8 Å². The second-order valence-corrected chi connectivity index (χ2v) is 9.15. The first-order valence-electron chi connectivity index (χ1n) is 8.68. The molecule has 3 aliphatic rings. The van der Waals surface area contributed by atoms with Crippen molar-refractivity contribution in [3.63, 3.8) is 0 Å². The average molecular weight is 297 g/mol. The van der Waals surface area contributed by atoms with E-state index in [-0.39, 0.29) is 10.8 Å². The van der Waals surface area contributed by atoms with Crippen molar-refractivity contribution in [1.82, 2.24) is 4.90 Å². The molecule has 0 bridgehead atoms. The predicted octanol–water partition coefficient (Wildman–Crippen LogP) is 5.62. The van der Waals surface area contributed by atoms with E-state index in [9.17, 15) is 0 Å². The molecule has 120 valence electrons. The summed E-state index contributed by atoms with van der Waals surface area (Å²) in [5.74, 6) is 0. The number of rotatable bonds is 0. The lowest BCUT2D eigenvalue weighted by Gasteiger charge is -2.31. The van der Waals surface area contributed by atoms with Gasteiger partial charge < -0.3 is 4.90 Å². The number of hydrogen-bond donors (Lipinski definition) is 0. The Morgan fingerprint density at radius 2 is 1.64 bits per heavy atom. The molecule has 0 amide bonds. The highest BCUT2D eigenvalue weighted by atomic mass is 15.2. The highest BCUT2D eigenvalue weighted by Crippen LogP contribution is 2.47. The Bertz CT molecular complexity index is 611. The number of fused-ring (bicyclic) bond motifs is 2. The Kier molecular flexibility index (Phi) is 3.47. The van der Waals surface area contributed by atoms with Crippen molar-refractivity contribution < 1.29 is 0 Å². The largest absolute Gasteiger partial charge is 0.370 e. The second-order valence-electron chi connectivity index (χ2n) is 9.15. The van der Waals surface area contributed by atoms with Gasteiger partial charge in [0.1, 0.15) is 0 Å². The SMILES string of the molecule is CN1C2=C(C=C(C(C)(C)C)CC2)C2=CC(C(C)(C)C)=CCC21. The Morgan fingerprint density at radius 3 is 2.23 bits per heavy atom. The first-order chi connectivity index (χ1) is 10.1. The van der Waals surface area contributed by atoms with Gasteiger partial charge in [-0.05, 0) is 46.8 Å². The Balaban J connectivity index is 2.05. The van der Waals surface area contributed by atoms with Crippen molar-refractivity contribution in [3.8, 4) is 0 Å². The van der Waals surface area contributed by atoms with Crippen molar-refractivity contribution >= 4 is 0 Å². The number of likely N-dealkylation sites (N-methyl/N-ethyl adjacent to an activating group) is 1. The number of nitrogens with zero attached hydrogens (tertiary/aromatic N) is 1. The summed E-state index contributed by atoms with van der Waals surface area (Å²) in [5, 5.41) is 0. The van der Waals surface area contributed by atoms with Crippen LogP contribution < -0.4 is 0 Å². The Morgan fingerprint density at radius 1 is 0.955 bits per heavy atom. The van der Waals surface area contributed by atoms with Gasteiger partial charge in [0.25, 0.3) is 0 Å². The van der Waals surface area contributed by atoms with Crippen LogP contribution in [0.25, 0.3) is 0 Å². The molecule has 1 heterocycles. The minimum absolute atomic E-state index is 0.241. The van der Waals surface area contributed by atoms with Gasteiger partial charge in [0.05, 0.1) is 6.04 Å². The molecule has 1 heteroatoms. The van der Waals surface area contributed by atoms with Crippen molar-refractivity contribution in [2.24, 2.45) is 10.8 Å². The monoisotopic (exact) mass is 297 g/mol. The average Bonchev–Trinajstić information content (AvgIpc) is 2.70. The van der Waals surface area contributed by atoms with Gasteiger partial charge in [0, 0.05) is 12.7 Å². The van der Waals surface area contributed by atoms with E-state index >= 15 is 0 Å². The minimum atomic E-state index is 0.241. The molecule has 0 saturated heterocycles. The lowest BCUT2D eigenvalue weighted by Crippen LogP contribution is -2.29. The minimum Gasteiger partial charge on any atom is -0.370 e. The zero-order valence-electron chi connectivity index (χ0n) is 15.4. The molecule has 0 spiro atoms. The fourth-order valence-corrected chi connectivity index (χ4v) is 3.95. The van der Waals surface area contributed by atoms with Crippen molar-refractivity contribution in [3.05, 3.63) is 46.2 Å². The molecule has 0 fully saturated rings. The normalized spacial score (nSPS) is 25.5. The predicted molar refractivity (Wildman–Crippen MR) is 95.6 cm³/mol. The van der Waals surface area contributed by atoms with Crippen molar-refractivity contribution in [2.45, 2.75) is 66.8 Å². The third-order valence-corrected chi connectivity index (χ3v) is 5.53. The molecule has 1 atom stereocenters. The fraction of sp³-hybridized carbons (Fsp3) is 0.619. The fourth-order valence-electron chi connectivity index (χ4n) is 3.95. The highest BCUT2D eigenvalue weighted by molar-refractivity contribution is 5.58. The first-order valence-corrected chi connectivity index (χ1v) is 8.68. The van der Waals surface area contributed by atoms with Crippen LogP contribution in [0.1, 0.15) is 60.8 Å². The molecule has 1 aliphatic heterocycles. The maximum Gasteiger partial charge on any atom is 0.0577 e. The first kappa shape index (κ1) is 15.6. The molecule has 0 radical (unpaired) electrons. The highest BCUT2D eigenvalue weighted by Gasteiger charge is 2.37. The quantitative estimate of drug-likeness (QED) is 0.560. The summed E-state index contributed by atoms with van der Waals surface area (Å²) in [6.07, 6.45) is 11.0.